The molecule has 3 rings (SSSR count). The predicted molar refractivity (Wildman–Crippen MR) is 109 cm³/mol. The SMILES string of the molecule is COc1cc(/C=C/C(=O)O[C@H](C)C(=O)c2cc(C)ccc2C)cc2c1OCCO2. The minimum absolute atomic E-state index is 0.228. The number of hydrogen-bond acceptors (Lipinski definition) is 6. The van der Waals surface area contributed by atoms with Crippen LogP contribution >= 0.6 is 0 Å². The Balaban J connectivity index is 1.69. The minimum Gasteiger partial charge on any atom is -0.493 e. The second-order valence-electron chi connectivity index (χ2n) is 6.84. The number of ketones is 1. The number of carbonyl (C=O) groups is 2. The molecular formula is C23H24O6. The Hall–Kier alpha value is -3.28. The molecule has 0 N–H and O–H groups in total. The van der Waals surface area contributed by atoms with Gasteiger partial charge in [0.25, 0.3) is 0 Å². The van der Waals surface area contributed by atoms with Crippen LogP contribution in [0.2, 0.25) is 0 Å². The molecule has 2 aromatic carbocycles. The largest absolute Gasteiger partial charge is 0.493 e. The molecule has 0 aromatic heterocycles. The van der Waals surface area contributed by atoms with Gasteiger partial charge in [0, 0.05) is 11.6 Å². The quantitative estimate of drug-likeness (QED) is 0.419. The highest BCUT2D eigenvalue weighted by Crippen LogP contribution is 2.40. The van der Waals surface area contributed by atoms with E-state index in [9.17, 15) is 9.59 Å². The highest BCUT2D eigenvalue weighted by atomic mass is 16.6. The monoisotopic (exact) mass is 396 g/mol. The van der Waals surface area contributed by atoms with Crippen LogP contribution in [0.15, 0.2) is 36.4 Å². The second kappa shape index (κ2) is 8.82. The van der Waals surface area contributed by atoms with Crippen LogP contribution in [0, 0.1) is 13.8 Å². The van der Waals surface area contributed by atoms with Crippen molar-refractivity contribution >= 4 is 17.8 Å². The molecule has 0 radical (unpaired) electrons. The Morgan fingerprint density at radius 3 is 2.62 bits per heavy atom. The lowest BCUT2D eigenvalue weighted by Crippen LogP contribution is -2.24. The number of aryl methyl sites for hydroxylation is 2. The first kappa shape index (κ1) is 20.5. The van der Waals surface area contributed by atoms with Gasteiger partial charge < -0.3 is 18.9 Å². The van der Waals surface area contributed by atoms with Gasteiger partial charge in [-0.05, 0) is 56.2 Å². The molecule has 1 atom stereocenters. The Bertz CT molecular complexity index is 943. The molecule has 0 spiro atoms. The van der Waals surface area contributed by atoms with Crippen LogP contribution in [-0.2, 0) is 9.53 Å². The smallest absolute Gasteiger partial charge is 0.331 e. The summed E-state index contributed by atoms with van der Waals surface area (Å²) in [6, 6.07) is 9.12. The molecule has 152 valence electrons. The summed E-state index contributed by atoms with van der Waals surface area (Å²) < 4.78 is 21.8. The van der Waals surface area contributed by atoms with Gasteiger partial charge in [0.2, 0.25) is 11.5 Å². The first-order valence-electron chi connectivity index (χ1n) is 9.37. The van der Waals surface area contributed by atoms with Crippen LogP contribution < -0.4 is 14.2 Å². The van der Waals surface area contributed by atoms with Gasteiger partial charge in [0.05, 0.1) is 7.11 Å². The zero-order chi connectivity index (χ0) is 21.0. The summed E-state index contributed by atoms with van der Waals surface area (Å²) in [6.45, 7) is 6.25. The van der Waals surface area contributed by atoms with Gasteiger partial charge in [0.15, 0.2) is 17.6 Å². The number of hydrogen-bond donors (Lipinski definition) is 0. The van der Waals surface area contributed by atoms with E-state index < -0.39 is 12.1 Å². The second-order valence-corrected chi connectivity index (χ2v) is 6.84. The van der Waals surface area contributed by atoms with Gasteiger partial charge in [-0.2, -0.15) is 0 Å². The van der Waals surface area contributed by atoms with Crippen molar-refractivity contribution in [2.24, 2.45) is 0 Å². The summed E-state index contributed by atoms with van der Waals surface area (Å²) in [5.74, 6) is 0.793. The summed E-state index contributed by atoms with van der Waals surface area (Å²) in [6.07, 6.45) is 1.97. The van der Waals surface area contributed by atoms with E-state index in [0.29, 0.717) is 41.6 Å². The lowest BCUT2D eigenvalue weighted by atomic mass is 9.99. The molecule has 29 heavy (non-hydrogen) atoms. The zero-order valence-corrected chi connectivity index (χ0v) is 17.0. The van der Waals surface area contributed by atoms with Crippen LogP contribution in [0.5, 0.6) is 17.2 Å². The highest BCUT2D eigenvalue weighted by molar-refractivity contribution is 6.02. The highest BCUT2D eigenvalue weighted by Gasteiger charge is 2.21. The maximum Gasteiger partial charge on any atom is 0.331 e. The Morgan fingerprint density at radius 2 is 1.86 bits per heavy atom. The fourth-order valence-corrected chi connectivity index (χ4v) is 3.04. The molecule has 0 amide bonds. The van der Waals surface area contributed by atoms with E-state index in [-0.39, 0.29) is 5.78 Å². The number of Topliss-reactive ketones (excluding diaryl/α,β-unsaturated/α-hetero) is 1. The van der Waals surface area contributed by atoms with Crippen molar-refractivity contribution in [3.05, 3.63) is 58.7 Å². The average Bonchev–Trinajstić information content (AvgIpc) is 2.72. The maximum absolute atomic E-state index is 12.6. The van der Waals surface area contributed by atoms with E-state index in [1.807, 2.05) is 26.0 Å². The first-order chi connectivity index (χ1) is 13.9. The topological polar surface area (TPSA) is 71.1 Å². The molecule has 0 fully saturated rings. The normalized spacial score (nSPS) is 13.8. The van der Waals surface area contributed by atoms with Crippen molar-refractivity contribution in [3.63, 3.8) is 0 Å². The Morgan fingerprint density at radius 1 is 1.10 bits per heavy atom. The summed E-state index contributed by atoms with van der Waals surface area (Å²) >= 11 is 0. The van der Waals surface area contributed by atoms with Crippen LogP contribution in [0.1, 0.15) is 34.0 Å². The molecule has 0 aliphatic carbocycles. The summed E-state index contributed by atoms with van der Waals surface area (Å²) in [4.78, 5) is 24.8. The molecule has 1 aliphatic rings. The molecule has 6 heteroatoms. The minimum atomic E-state index is -0.887. The fourth-order valence-electron chi connectivity index (χ4n) is 3.04. The van der Waals surface area contributed by atoms with Crippen LogP contribution in [0.3, 0.4) is 0 Å². The van der Waals surface area contributed by atoms with Gasteiger partial charge in [0.1, 0.15) is 13.2 Å². The van der Waals surface area contributed by atoms with E-state index in [1.54, 1.807) is 31.2 Å². The molecule has 6 nitrogen and oxygen atoms in total. The molecule has 0 saturated heterocycles. The van der Waals surface area contributed by atoms with Gasteiger partial charge in [-0.3, -0.25) is 4.79 Å². The number of methoxy groups -OCH3 is 1. The number of ether oxygens (including phenoxy) is 4. The maximum atomic E-state index is 12.6. The van der Waals surface area contributed by atoms with Crippen molar-refractivity contribution in [2.75, 3.05) is 20.3 Å². The van der Waals surface area contributed by atoms with E-state index >= 15 is 0 Å². The van der Waals surface area contributed by atoms with Crippen LogP contribution in [0.25, 0.3) is 6.08 Å². The first-order valence-corrected chi connectivity index (χ1v) is 9.37. The average molecular weight is 396 g/mol. The molecule has 1 heterocycles. The predicted octanol–water partition coefficient (Wildman–Crippen LogP) is 3.91. The molecule has 0 unspecified atom stereocenters. The van der Waals surface area contributed by atoms with E-state index in [0.717, 1.165) is 11.1 Å². The summed E-state index contributed by atoms with van der Waals surface area (Å²) in [5.41, 5.74) is 3.08. The van der Waals surface area contributed by atoms with E-state index in [4.69, 9.17) is 18.9 Å². The third-order valence-corrected chi connectivity index (χ3v) is 4.58. The fraction of sp³-hybridized carbons (Fsp3) is 0.304. The van der Waals surface area contributed by atoms with Gasteiger partial charge in [-0.1, -0.05) is 17.7 Å². The summed E-state index contributed by atoms with van der Waals surface area (Å²) in [5, 5.41) is 0. The van der Waals surface area contributed by atoms with Crippen molar-refractivity contribution < 1.29 is 28.5 Å². The third kappa shape index (κ3) is 4.77. The lowest BCUT2D eigenvalue weighted by molar-refractivity contribution is -0.140. The van der Waals surface area contributed by atoms with Crippen molar-refractivity contribution in [3.8, 4) is 17.2 Å². The number of carbonyl (C=O) groups excluding carboxylic acids is 2. The Kier molecular flexibility index (Phi) is 6.22. The zero-order valence-electron chi connectivity index (χ0n) is 17.0. The van der Waals surface area contributed by atoms with Crippen molar-refractivity contribution in [1.29, 1.82) is 0 Å². The standard InChI is InChI=1S/C23H24O6/c1-14-5-6-15(2)18(11-14)22(25)16(3)29-21(24)8-7-17-12-19(26-4)23-20(13-17)27-9-10-28-23/h5-8,11-13,16H,9-10H2,1-4H3/b8-7+/t16-/m1/s1. The molecule has 0 saturated carbocycles. The number of fused-ring (bicyclic) bond motifs is 1. The van der Waals surface area contributed by atoms with E-state index in [1.165, 1.54) is 13.2 Å². The Labute approximate surface area is 170 Å². The van der Waals surface area contributed by atoms with Crippen LogP contribution in [0.4, 0.5) is 0 Å². The molecule has 2 aromatic rings. The number of esters is 1. The van der Waals surface area contributed by atoms with Gasteiger partial charge >= 0.3 is 5.97 Å². The molecular weight excluding hydrogens is 372 g/mol. The van der Waals surface area contributed by atoms with Crippen LogP contribution in [-0.4, -0.2) is 38.2 Å². The number of benzene rings is 2. The third-order valence-electron chi connectivity index (χ3n) is 4.58. The summed E-state index contributed by atoms with van der Waals surface area (Å²) in [7, 11) is 1.54. The molecule has 1 aliphatic heterocycles. The molecule has 0 bridgehead atoms. The van der Waals surface area contributed by atoms with Crippen molar-refractivity contribution in [1.82, 2.24) is 0 Å². The lowest BCUT2D eigenvalue weighted by Gasteiger charge is -2.20. The van der Waals surface area contributed by atoms with Gasteiger partial charge in [-0.15, -0.1) is 0 Å². The van der Waals surface area contributed by atoms with E-state index in [2.05, 4.69) is 0 Å². The van der Waals surface area contributed by atoms with Gasteiger partial charge in [-0.25, -0.2) is 4.79 Å². The number of rotatable bonds is 6. The van der Waals surface area contributed by atoms with Crippen molar-refractivity contribution in [2.45, 2.75) is 26.9 Å².